The summed E-state index contributed by atoms with van der Waals surface area (Å²) in [5.41, 5.74) is 3.68. The lowest BCUT2D eigenvalue weighted by molar-refractivity contribution is 0.0526. The lowest BCUT2D eigenvalue weighted by Crippen LogP contribution is -2.20. The van der Waals surface area contributed by atoms with E-state index in [4.69, 9.17) is 4.74 Å². The monoisotopic (exact) mass is 381 g/mol. The van der Waals surface area contributed by atoms with Crippen molar-refractivity contribution >= 4 is 17.6 Å². The van der Waals surface area contributed by atoms with E-state index >= 15 is 0 Å². The minimum absolute atomic E-state index is 0.0693. The maximum atomic E-state index is 13.0. The van der Waals surface area contributed by atoms with Gasteiger partial charge in [0, 0.05) is 11.3 Å². The Bertz CT molecular complexity index is 838. The molecule has 2 aromatic rings. The highest BCUT2D eigenvalue weighted by Crippen LogP contribution is 2.30. The van der Waals surface area contributed by atoms with Crippen LogP contribution < -0.4 is 5.32 Å². The van der Waals surface area contributed by atoms with Crippen LogP contribution in [0.4, 0.5) is 5.69 Å². The van der Waals surface area contributed by atoms with Gasteiger partial charge < -0.3 is 10.1 Å². The molecular weight excluding hydrogens is 350 g/mol. The van der Waals surface area contributed by atoms with E-state index in [9.17, 15) is 9.59 Å². The van der Waals surface area contributed by atoms with Crippen molar-refractivity contribution in [3.05, 3.63) is 64.7 Å². The SMILES string of the molecule is CCOC(=O)c1cccc(NC(=O)c2cc(C(C)(C)C)cc(C(C)(C)C)c2)c1. The number of benzene rings is 2. The van der Waals surface area contributed by atoms with Gasteiger partial charge in [-0.2, -0.15) is 0 Å². The van der Waals surface area contributed by atoms with Gasteiger partial charge in [-0.15, -0.1) is 0 Å². The molecule has 0 aromatic heterocycles. The van der Waals surface area contributed by atoms with E-state index in [-0.39, 0.29) is 16.7 Å². The second-order valence-corrected chi connectivity index (χ2v) is 9.05. The Labute approximate surface area is 168 Å². The number of carbonyl (C=O) groups is 2. The Morgan fingerprint density at radius 1 is 0.857 bits per heavy atom. The molecule has 4 nitrogen and oxygen atoms in total. The zero-order valence-electron chi connectivity index (χ0n) is 18.0. The minimum Gasteiger partial charge on any atom is -0.462 e. The molecule has 0 radical (unpaired) electrons. The fourth-order valence-corrected chi connectivity index (χ4v) is 2.77. The molecule has 0 aliphatic heterocycles. The quantitative estimate of drug-likeness (QED) is 0.690. The molecule has 1 amide bonds. The van der Waals surface area contributed by atoms with Crippen LogP contribution >= 0.6 is 0 Å². The van der Waals surface area contributed by atoms with E-state index in [2.05, 4.69) is 52.9 Å². The van der Waals surface area contributed by atoms with Crippen LogP contribution in [-0.2, 0) is 15.6 Å². The van der Waals surface area contributed by atoms with E-state index in [0.29, 0.717) is 23.4 Å². The first kappa shape index (κ1) is 21.7. The Morgan fingerprint density at radius 3 is 1.93 bits per heavy atom. The summed E-state index contributed by atoms with van der Waals surface area (Å²) in [6, 6.07) is 12.9. The van der Waals surface area contributed by atoms with Crippen molar-refractivity contribution in [3.63, 3.8) is 0 Å². The van der Waals surface area contributed by atoms with E-state index in [1.807, 2.05) is 12.1 Å². The molecule has 2 aromatic carbocycles. The normalized spacial score (nSPS) is 11.8. The number of hydrogen-bond donors (Lipinski definition) is 1. The van der Waals surface area contributed by atoms with Crippen molar-refractivity contribution in [2.45, 2.75) is 59.3 Å². The van der Waals surface area contributed by atoms with Crippen LogP contribution in [0.25, 0.3) is 0 Å². The average molecular weight is 382 g/mol. The molecule has 0 aliphatic carbocycles. The summed E-state index contributed by atoms with van der Waals surface area (Å²) in [6.45, 7) is 14.9. The number of amides is 1. The summed E-state index contributed by atoms with van der Waals surface area (Å²) in [7, 11) is 0. The van der Waals surface area contributed by atoms with Crippen molar-refractivity contribution in [3.8, 4) is 0 Å². The molecule has 4 heteroatoms. The van der Waals surface area contributed by atoms with Gasteiger partial charge in [-0.05, 0) is 59.2 Å². The fourth-order valence-electron chi connectivity index (χ4n) is 2.77. The Kier molecular flexibility index (Phi) is 6.33. The smallest absolute Gasteiger partial charge is 0.338 e. The van der Waals surface area contributed by atoms with Crippen LogP contribution in [0.15, 0.2) is 42.5 Å². The van der Waals surface area contributed by atoms with Crippen LogP contribution in [0.1, 0.15) is 80.3 Å². The van der Waals surface area contributed by atoms with Crippen molar-refractivity contribution in [2.75, 3.05) is 11.9 Å². The summed E-state index contributed by atoms with van der Waals surface area (Å²) in [6.07, 6.45) is 0. The largest absolute Gasteiger partial charge is 0.462 e. The van der Waals surface area contributed by atoms with E-state index < -0.39 is 5.97 Å². The molecule has 0 spiro atoms. The number of esters is 1. The average Bonchev–Trinajstić information content (AvgIpc) is 2.60. The molecule has 0 saturated heterocycles. The van der Waals surface area contributed by atoms with Gasteiger partial charge in [0.25, 0.3) is 5.91 Å². The number of ether oxygens (including phenoxy) is 1. The number of carbonyl (C=O) groups excluding carboxylic acids is 2. The third-order valence-electron chi connectivity index (χ3n) is 4.56. The number of hydrogen-bond acceptors (Lipinski definition) is 3. The van der Waals surface area contributed by atoms with E-state index in [1.165, 1.54) is 0 Å². The molecule has 0 unspecified atom stereocenters. The van der Waals surface area contributed by atoms with Crippen molar-refractivity contribution in [2.24, 2.45) is 0 Å². The zero-order valence-corrected chi connectivity index (χ0v) is 18.0. The second-order valence-electron chi connectivity index (χ2n) is 9.05. The van der Waals surface area contributed by atoms with Crippen molar-refractivity contribution in [1.82, 2.24) is 0 Å². The maximum absolute atomic E-state index is 13.0. The third kappa shape index (κ3) is 5.44. The summed E-state index contributed by atoms with van der Waals surface area (Å²) in [5.74, 6) is -0.596. The summed E-state index contributed by atoms with van der Waals surface area (Å²) in [4.78, 5) is 24.9. The van der Waals surface area contributed by atoms with Gasteiger partial charge in [0.2, 0.25) is 0 Å². The van der Waals surface area contributed by atoms with Gasteiger partial charge >= 0.3 is 5.97 Å². The van der Waals surface area contributed by atoms with E-state index in [0.717, 1.165) is 11.1 Å². The summed E-state index contributed by atoms with van der Waals surface area (Å²) in [5, 5.41) is 2.91. The van der Waals surface area contributed by atoms with Gasteiger partial charge in [-0.3, -0.25) is 4.79 Å². The van der Waals surface area contributed by atoms with Crippen molar-refractivity contribution in [1.29, 1.82) is 0 Å². The number of nitrogens with one attached hydrogen (secondary N) is 1. The molecule has 0 fully saturated rings. The molecular formula is C24H31NO3. The summed E-state index contributed by atoms with van der Waals surface area (Å²) >= 11 is 0. The lowest BCUT2D eigenvalue weighted by Gasteiger charge is -2.26. The molecule has 0 atom stereocenters. The second kappa shape index (κ2) is 8.17. The van der Waals surface area contributed by atoms with Crippen molar-refractivity contribution < 1.29 is 14.3 Å². The molecule has 0 aliphatic rings. The topological polar surface area (TPSA) is 55.4 Å². The summed E-state index contributed by atoms with van der Waals surface area (Å²) < 4.78 is 5.03. The predicted molar refractivity (Wildman–Crippen MR) is 114 cm³/mol. The van der Waals surface area contributed by atoms with Gasteiger partial charge in [-0.25, -0.2) is 4.79 Å². The third-order valence-corrected chi connectivity index (χ3v) is 4.56. The zero-order chi connectivity index (χ0) is 21.1. The fraction of sp³-hybridized carbons (Fsp3) is 0.417. The number of anilines is 1. The first-order valence-electron chi connectivity index (χ1n) is 9.66. The van der Waals surface area contributed by atoms with Crippen LogP contribution in [0, 0.1) is 0 Å². The van der Waals surface area contributed by atoms with Gasteiger partial charge in [0.15, 0.2) is 0 Å². The molecule has 28 heavy (non-hydrogen) atoms. The maximum Gasteiger partial charge on any atom is 0.338 e. The Morgan fingerprint density at radius 2 is 1.43 bits per heavy atom. The van der Waals surface area contributed by atoms with Crippen LogP contribution in [0.3, 0.4) is 0 Å². The van der Waals surface area contributed by atoms with E-state index in [1.54, 1.807) is 31.2 Å². The molecule has 2 rings (SSSR count). The minimum atomic E-state index is -0.400. The standard InChI is InChI=1S/C24H31NO3/c1-8-28-22(27)16-10-9-11-20(14-16)25-21(26)17-12-18(23(2,3)4)15-19(13-17)24(5,6)7/h9-15H,8H2,1-7H3,(H,25,26). The highest BCUT2D eigenvalue weighted by molar-refractivity contribution is 6.05. The Balaban J connectivity index is 2.36. The van der Waals surface area contributed by atoms with Gasteiger partial charge in [0.05, 0.1) is 12.2 Å². The van der Waals surface area contributed by atoms with Crippen LogP contribution in [0.2, 0.25) is 0 Å². The highest BCUT2D eigenvalue weighted by atomic mass is 16.5. The molecule has 0 heterocycles. The van der Waals surface area contributed by atoms with Gasteiger partial charge in [-0.1, -0.05) is 53.7 Å². The molecule has 0 bridgehead atoms. The predicted octanol–water partition coefficient (Wildman–Crippen LogP) is 5.71. The molecule has 150 valence electrons. The van der Waals surface area contributed by atoms with Crippen LogP contribution in [-0.4, -0.2) is 18.5 Å². The first-order chi connectivity index (χ1) is 12.9. The van der Waals surface area contributed by atoms with Crippen LogP contribution in [0.5, 0.6) is 0 Å². The Hall–Kier alpha value is -2.62. The molecule has 1 N–H and O–H groups in total. The number of rotatable bonds is 4. The molecule has 0 saturated carbocycles. The first-order valence-corrected chi connectivity index (χ1v) is 9.66. The lowest BCUT2D eigenvalue weighted by atomic mass is 9.79. The highest BCUT2D eigenvalue weighted by Gasteiger charge is 2.22. The van der Waals surface area contributed by atoms with Gasteiger partial charge in [0.1, 0.15) is 0 Å².